The molecule has 0 aliphatic carbocycles. The maximum Gasteiger partial charge on any atom is 1.00 e. The molecular weight excluding hydrogens is 750 g/mol. The predicted octanol–water partition coefficient (Wildman–Crippen LogP) is 2.81. The summed E-state index contributed by atoms with van der Waals surface area (Å²) in [5.41, 5.74) is 15.5. The van der Waals surface area contributed by atoms with E-state index in [-0.39, 0.29) is 68.5 Å². The zero-order valence-corrected chi connectivity index (χ0v) is 37.5. The van der Waals surface area contributed by atoms with Gasteiger partial charge in [0.15, 0.2) is 19.0 Å². The van der Waals surface area contributed by atoms with Crippen molar-refractivity contribution in [2.75, 3.05) is 0 Å². The Bertz CT molecular complexity index is 2160. The van der Waals surface area contributed by atoms with Crippen LogP contribution in [0.15, 0.2) is 104 Å². The molecule has 11 heteroatoms. The number of hydrogen-bond acceptors (Lipinski definition) is 0. The van der Waals surface area contributed by atoms with E-state index in [1.54, 1.807) is 0 Å². The van der Waals surface area contributed by atoms with E-state index in [4.69, 9.17) is 9.30 Å². The fraction of sp³-hybridized carbons (Fsp3) is 0.205. The normalized spacial score (nSPS) is 10.6. The molecule has 0 saturated carbocycles. The van der Waals surface area contributed by atoms with Crippen LogP contribution in [0, 0.1) is 94.6 Å². The van der Waals surface area contributed by atoms with E-state index in [1.807, 2.05) is 0 Å². The molecule has 0 N–H and O–H groups in total. The molecule has 8 nitrogen and oxygen atoms in total. The molecular formula is C44H44BFeKN6O2. The average Bonchev–Trinajstić information content (AvgIpc) is 3.90. The van der Waals surface area contributed by atoms with Crippen molar-refractivity contribution in [1.82, 2.24) is 13.5 Å². The van der Waals surface area contributed by atoms with Crippen LogP contribution in [0.4, 0.5) is 0 Å². The van der Waals surface area contributed by atoms with Crippen molar-refractivity contribution in [3.05, 3.63) is 186 Å². The number of nitrogens with zero attached hydrogens (tertiary/aromatic N) is 6. The van der Waals surface area contributed by atoms with Gasteiger partial charge in [-0.3, -0.25) is 0 Å². The van der Waals surface area contributed by atoms with Crippen molar-refractivity contribution in [2.24, 2.45) is 0 Å². The predicted molar refractivity (Wildman–Crippen MR) is 203 cm³/mol. The zero-order valence-electron chi connectivity index (χ0n) is 33.2. The van der Waals surface area contributed by atoms with Crippen molar-refractivity contribution < 1.29 is 91.4 Å². The smallest absolute Gasteiger partial charge is 0 e. The number of aryl methyl sites for hydroxylation is 9. The Morgan fingerprint density at radius 3 is 1.31 bits per heavy atom. The number of hydrogen-bond donors (Lipinski definition) is 0. The van der Waals surface area contributed by atoms with Crippen LogP contribution in [0.25, 0.3) is 17.1 Å². The topological polar surface area (TPSA) is 66.2 Å². The van der Waals surface area contributed by atoms with E-state index in [1.165, 1.54) is 50.1 Å². The fourth-order valence-corrected chi connectivity index (χ4v) is 8.22. The first kappa shape index (κ1) is 45.6. The second-order valence-corrected chi connectivity index (χ2v) is 13.9. The molecule has 0 aliphatic heterocycles. The monoisotopic (exact) mass is 794 g/mol. The van der Waals surface area contributed by atoms with E-state index in [0.717, 1.165) is 22.5 Å². The van der Waals surface area contributed by atoms with E-state index in [0.29, 0.717) is 0 Å². The standard InChI is InChI=1S/C42H44BN6.2CO.Fe.K/c1-30-21-33(4)40(34(5)22-30)44-15-18-47(27-44)43(39-13-11-10-12-14-39,48-19-16-45(28-48)41-35(6)23-31(2)24-36(41)7)49-20-17-46(29-49)42-37(8)25-32(3)26-38(42)9;2*1-2;;/h10-26H,1-9H3;;;;/q-1;;;;+1. The molecule has 55 heavy (non-hydrogen) atoms. The molecule has 0 saturated heterocycles. The van der Waals surface area contributed by atoms with Gasteiger partial charge in [0.25, 0.3) is 0 Å². The van der Waals surface area contributed by atoms with Gasteiger partial charge in [-0.1, -0.05) is 88.9 Å². The first-order valence-electron chi connectivity index (χ1n) is 17.4. The Hall–Kier alpha value is -3.79. The van der Waals surface area contributed by atoms with E-state index >= 15 is 0 Å². The molecule has 0 unspecified atom stereocenters. The van der Waals surface area contributed by atoms with Crippen molar-refractivity contribution in [3.63, 3.8) is 0 Å². The second-order valence-electron chi connectivity index (χ2n) is 13.9. The Balaban J connectivity index is 0.00000131. The summed E-state index contributed by atoms with van der Waals surface area (Å²) in [6, 6.07) is 24.1. The average molecular weight is 795 g/mol. The third kappa shape index (κ3) is 8.79. The van der Waals surface area contributed by atoms with E-state index in [9.17, 15) is 0 Å². The summed E-state index contributed by atoms with van der Waals surface area (Å²) in [6.45, 7) is 26.5. The molecule has 0 bridgehead atoms. The third-order valence-electron chi connectivity index (χ3n) is 9.84. The minimum absolute atomic E-state index is 0. The molecule has 7 aromatic rings. The molecule has 0 aliphatic rings. The third-order valence-corrected chi connectivity index (χ3v) is 9.84. The Morgan fingerprint density at radius 1 is 0.527 bits per heavy atom. The van der Waals surface area contributed by atoms with Gasteiger partial charge in [-0.15, -0.1) is 0 Å². The summed E-state index contributed by atoms with van der Waals surface area (Å²) >= 11 is 0. The second kappa shape index (κ2) is 19.4. The van der Waals surface area contributed by atoms with Gasteiger partial charge >= 0.3 is 80.5 Å². The summed E-state index contributed by atoms with van der Waals surface area (Å²) in [5.74, 6) is 0. The first-order valence-corrected chi connectivity index (χ1v) is 17.4. The van der Waals surface area contributed by atoms with Gasteiger partial charge in [-0.2, -0.15) is 0 Å². The largest absolute Gasteiger partial charge is 1.00 e. The minimum Gasteiger partial charge on any atom is 0 e. The minimum atomic E-state index is -2.02. The van der Waals surface area contributed by atoms with Crippen molar-refractivity contribution in [3.8, 4) is 17.1 Å². The van der Waals surface area contributed by atoms with E-state index in [2.05, 4.69) is 226 Å². The first-order chi connectivity index (χ1) is 25.5. The Kier molecular flexibility index (Phi) is 16.1. The van der Waals surface area contributed by atoms with Crippen molar-refractivity contribution in [2.45, 2.75) is 62.3 Å². The quantitative estimate of drug-likeness (QED) is 0.103. The number of benzene rings is 4. The molecule has 0 amide bonds. The molecule has 0 radical (unpaired) electrons. The van der Waals surface area contributed by atoms with Crippen LogP contribution in [0.2, 0.25) is 0 Å². The number of rotatable bonds is 7. The van der Waals surface area contributed by atoms with Crippen LogP contribution < -0.4 is 70.5 Å². The molecule has 3 aromatic heterocycles. The molecule has 7 rings (SSSR count). The van der Waals surface area contributed by atoms with Gasteiger partial charge in [0, 0.05) is 35.7 Å². The Morgan fingerprint density at radius 2 is 0.909 bits per heavy atom. The van der Waals surface area contributed by atoms with Gasteiger partial charge in [0.2, 0.25) is 0 Å². The summed E-state index contributed by atoms with van der Waals surface area (Å²) in [6.07, 6.45) is 24.1. The van der Waals surface area contributed by atoms with Crippen LogP contribution >= 0.6 is 0 Å². The maximum atomic E-state index is 7.50. The van der Waals surface area contributed by atoms with Crippen LogP contribution in [0.5, 0.6) is 0 Å². The molecule has 0 spiro atoms. The fourth-order valence-electron chi connectivity index (χ4n) is 8.22. The van der Waals surface area contributed by atoms with Crippen LogP contribution in [0.3, 0.4) is 0 Å². The van der Waals surface area contributed by atoms with Crippen LogP contribution in [-0.2, 0) is 26.4 Å². The SMILES string of the molecule is Cc1cc(C)c(-n2[c-][n+]([B-](c3ccccc3)(n3[c-][n+](-c4c(C)cc(C)cc4C)cc3)n3[c-][n+](-c4c(C)cc(C)cc4C)cc3)cc2)c(C)c1.[C-]#[O+].[C-]#[O+].[Fe].[K+]. The van der Waals surface area contributed by atoms with Gasteiger partial charge < -0.3 is 27.1 Å². The summed E-state index contributed by atoms with van der Waals surface area (Å²) in [5, 5.41) is 0. The summed E-state index contributed by atoms with van der Waals surface area (Å²) < 4.78 is 28.0. The molecule has 4 aromatic carbocycles. The number of imidazole rings is 3. The van der Waals surface area contributed by atoms with Crippen LogP contribution in [0.1, 0.15) is 50.1 Å². The molecule has 274 valence electrons. The Labute approximate surface area is 378 Å². The summed E-state index contributed by atoms with van der Waals surface area (Å²) in [4.78, 5) is 0. The molecule has 0 atom stereocenters. The molecule has 0 fully saturated rings. The molecule has 3 heterocycles. The van der Waals surface area contributed by atoms with Gasteiger partial charge in [0.05, 0.1) is 17.1 Å². The van der Waals surface area contributed by atoms with Gasteiger partial charge in [-0.25, -0.2) is 0 Å². The summed E-state index contributed by atoms with van der Waals surface area (Å²) in [7, 11) is 0. The van der Waals surface area contributed by atoms with Crippen LogP contribution in [-0.4, -0.2) is 20.1 Å². The van der Waals surface area contributed by atoms with Crippen molar-refractivity contribution >= 4 is 12.0 Å². The zero-order chi connectivity index (χ0) is 38.6. The number of aromatic nitrogens is 6. The van der Waals surface area contributed by atoms with E-state index < -0.39 is 6.55 Å². The van der Waals surface area contributed by atoms with Gasteiger partial charge in [-0.05, 0) is 114 Å². The van der Waals surface area contributed by atoms with Crippen molar-refractivity contribution in [1.29, 1.82) is 0 Å². The maximum absolute atomic E-state index is 7.50. The van der Waals surface area contributed by atoms with Gasteiger partial charge in [0.1, 0.15) is 0 Å².